The van der Waals surface area contributed by atoms with Gasteiger partial charge in [0.2, 0.25) is 0 Å². The second-order valence-electron chi connectivity index (χ2n) is 7.80. The molecular formula is C22H21N3O. The van der Waals surface area contributed by atoms with E-state index in [9.17, 15) is 4.79 Å². The Bertz CT molecular complexity index is 1030. The van der Waals surface area contributed by atoms with Gasteiger partial charge in [-0.1, -0.05) is 30.3 Å². The van der Waals surface area contributed by atoms with Gasteiger partial charge in [0.25, 0.3) is 5.91 Å². The maximum Gasteiger partial charge on any atom is 0.257 e. The van der Waals surface area contributed by atoms with Gasteiger partial charge in [-0.2, -0.15) is 0 Å². The molecule has 1 amide bonds. The van der Waals surface area contributed by atoms with Crippen molar-refractivity contribution in [3.05, 3.63) is 65.4 Å². The Labute approximate surface area is 152 Å². The molecule has 1 atom stereocenters. The molecule has 1 aliphatic carbocycles. The maximum absolute atomic E-state index is 13.2. The van der Waals surface area contributed by atoms with E-state index in [1.807, 2.05) is 12.1 Å². The van der Waals surface area contributed by atoms with Crippen molar-refractivity contribution in [3.8, 4) is 0 Å². The molecule has 3 aromatic rings. The van der Waals surface area contributed by atoms with Crippen molar-refractivity contribution in [2.45, 2.75) is 25.4 Å². The van der Waals surface area contributed by atoms with Crippen LogP contribution in [0.3, 0.4) is 0 Å². The Hall–Kier alpha value is -2.75. The molecular weight excluding hydrogens is 322 g/mol. The highest BCUT2D eigenvalue weighted by Gasteiger charge is 2.44. The van der Waals surface area contributed by atoms with Crippen LogP contribution in [0.15, 0.2) is 48.5 Å². The SMILES string of the molecule is O=C1c2ccccc2N(CC2CC2)C2c3[nH]c4ccccc4c3CCN12. The topological polar surface area (TPSA) is 39.3 Å². The number of hydrogen-bond acceptors (Lipinski definition) is 2. The molecule has 0 radical (unpaired) electrons. The van der Waals surface area contributed by atoms with Crippen LogP contribution in [0.25, 0.3) is 10.9 Å². The number of rotatable bonds is 2. The van der Waals surface area contributed by atoms with Crippen molar-refractivity contribution in [1.29, 1.82) is 0 Å². The minimum Gasteiger partial charge on any atom is -0.355 e. The molecule has 4 nitrogen and oxygen atoms in total. The van der Waals surface area contributed by atoms with Crippen LogP contribution in [-0.2, 0) is 6.42 Å². The number of carbonyl (C=O) groups excluding carboxylic acids is 1. The van der Waals surface area contributed by atoms with E-state index in [0.717, 1.165) is 36.7 Å². The minimum absolute atomic E-state index is 0.00542. The molecule has 1 unspecified atom stereocenters. The number of nitrogens with zero attached hydrogens (tertiary/aromatic N) is 2. The lowest BCUT2D eigenvalue weighted by molar-refractivity contribution is 0.0626. The van der Waals surface area contributed by atoms with Gasteiger partial charge < -0.3 is 14.8 Å². The number of H-pyrrole nitrogens is 1. The summed E-state index contributed by atoms with van der Waals surface area (Å²) in [6.07, 6.45) is 3.52. The standard InChI is InChI=1S/C22H21N3O/c26-22-17-6-2-4-8-19(17)25(13-14-9-10-14)21-20-16(11-12-24(21)22)15-5-1-3-7-18(15)23-20/h1-8,14,21,23H,9-13H2. The van der Waals surface area contributed by atoms with Crippen molar-refractivity contribution < 1.29 is 4.79 Å². The zero-order chi connectivity index (χ0) is 17.3. The number of aromatic nitrogens is 1. The predicted octanol–water partition coefficient (Wildman–Crippen LogP) is 4.10. The van der Waals surface area contributed by atoms with Crippen molar-refractivity contribution in [2.24, 2.45) is 5.92 Å². The molecule has 1 N–H and O–H groups in total. The van der Waals surface area contributed by atoms with Gasteiger partial charge >= 0.3 is 0 Å². The van der Waals surface area contributed by atoms with Crippen molar-refractivity contribution >= 4 is 22.5 Å². The monoisotopic (exact) mass is 343 g/mol. The molecule has 4 heteroatoms. The molecule has 3 aliphatic rings. The van der Waals surface area contributed by atoms with Crippen molar-refractivity contribution in [2.75, 3.05) is 18.0 Å². The Morgan fingerprint density at radius 2 is 1.85 bits per heavy atom. The first kappa shape index (κ1) is 14.4. The lowest BCUT2D eigenvalue weighted by atomic mass is 9.95. The summed E-state index contributed by atoms with van der Waals surface area (Å²) in [6.45, 7) is 1.81. The van der Waals surface area contributed by atoms with E-state index < -0.39 is 0 Å². The van der Waals surface area contributed by atoms with Gasteiger partial charge in [0.1, 0.15) is 6.17 Å². The summed E-state index contributed by atoms with van der Waals surface area (Å²) in [6, 6.07) is 16.6. The molecule has 1 fully saturated rings. The number of nitrogens with one attached hydrogen (secondary N) is 1. The average Bonchev–Trinajstić information content (AvgIpc) is 3.42. The maximum atomic E-state index is 13.2. The van der Waals surface area contributed by atoms with E-state index >= 15 is 0 Å². The van der Waals surface area contributed by atoms with Crippen molar-refractivity contribution in [3.63, 3.8) is 0 Å². The first-order chi connectivity index (χ1) is 12.8. The van der Waals surface area contributed by atoms with E-state index in [4.69, 9.17) is 0 Å². The summed E-state index contributed by atoms with van der Waals surface area (Å²) in [5.41, 5.74) is 5.72. The molecule has 0 spiro atoms. The summed E-state index contributed by atoms with van der Waals surface area (Å²) in [5.74, 6) is 0.926. The molecule has 1 aromatic heterocycles. The van der Waals surface area contributed by atoms with Gasteiger partial charge in [0.05, 0.1) is 16.9 Å². The molecule has 0 saturated heterocycles. The normalized spacial score (nSPS) is 21.5. The third-order valence-electron chi connectivity index (χ3n) is 6.15. The molecule has 1 saturated carbocycles. The highest BCUT2D eigenvalue weighted by molar-refractivity contribution is 6.02. The predicted molar refractivity (Wildman–Crippen MR) is 102 cm³/mol. The molecule has 6 rings (SSSR count). The molecule has 3 heterocycles. The summed E-state index contributed by atoms with van der Waals surface area (Å²) >= 11 is 0. The minimum atomic E-state index is -0.00542. The number of anilines is 1. The van der Waals surface area contributed by atoms with E-state index in [1.165, 1.54) is 35.0 Å². The van der Waals surface area contributed by atoms with E-state index in [0.29, 0.717) is 0 Å². The van der Waals surface area contributed by atoms with Crippen LogP contribution in [-0.4, -0.2) is 28.9 Å². The molecule has 130 valence electrons. The number of fused-ring (bicyclic) bond motifs is 6. The quantitative estimate of drug-likeness (QED) is 0.761. The van der Waals surface area contributed by atoms with Crippen LogP contribution in [0.4, 0.5) is 5.69 Å². The molecule has 0 bridgehead atoms. The summed E-state index contributed by atoms with van der Waals surface area (Å²) < 4.78 is 0. The first-order valence-corrected chi connectivity index (χ1v) is 9.57. The number of amides is 1. The highest BCUT2D eigenvalue weighted by Crippen LogP contribution is 2.45. The molecule has 2 aromatic carbocycles. The summed E-state index contributed by atoms with van der Waals surface area (Å²) in [5, 5.41) is 1.31. The van der Waals surface area contributed by atoms with Crippen LogP contribution < -0.4 is 4.90 Å². The number of aromatic amines is 1. The van der Waals surface area contributed by atoms with Crippen LogP contribution in [0, 0.1) is 5.92 Å². The third-order valence-corrected chi connectivity index (χ3v) is 6.15. The Morgan fingerprint density at radius 1 is 1.04 bits per heavy atom. The fraction of sp³-hybridized carbons (Fsp3) is 0.318. The van der Waals surface area contributed by atoms with Crippen LogP contribution in [0.1, 0.15) is 40.6 Å². The second-order valence-corrected chi connectivity index (χ2v) is 7.80. The van der Waals surface area contributed by atoms with Crippen LogP contribution in [0.5, 0.6) is 0 Å². The lowest BCUT2D eigenvalue weighted by Gasteiger charge is -2.47. The summed E-state index contributed by atoms with van der Waals surface area (Å²) in [7, 11) is 0. The third kappa shape index (κ3) is 1.93. The zero-order valence-corrected chi connectivity index (χ0v) is 14.6. The number of hydrogen-bond donors (Lipinski definition) is 1. The smallest absolute Gasteiger partial charge is 0.257 e. The van der Waals surface area contributed by atoms with Gasteiger partial charge in [-0.3, -0.25) is 4.79 Å². The highest BCUT2D eigenvalue weighted by atomic mass is 16.2. The fourth-order valence-corrected chi connectivity index (χ4v) is 4.73. The van der Waals surface area contributed by atoms with Gasteiger partial charge in [-0.05, 0) is 48.9 Å². The fourth-order valence-electron chi connectivity index (χ4n) is 4.73. The number of carbonyl (C=O) groups is 1. The van der Waals surface area contributed by atoms with E-state index in [-0.39, 0.29) is 12.1 Å². The van der Waals surface area contributed by atoms with Gasteiger partial charge in [-0.25, -0.2) is 0 Å². The van der Waals surface area contributed by atoms with Gasteiger partial charge in [-0.15, -0.1) is 0 Å². The Morgan fingerprint density at radius 3 is 2.73 bits per heavy atom. The first-order valence-electron chi connectivity index (χ1n) is 9.57. The molecule has 26 heavy (non-hydrogen) atoms. The van der Waals surface area contributed by atoms with Crippen LogP contribution >= 0.6 is 0 Å². The molecule has 2 aliphatic heterocycles. The summed E-state index contributed by atoms with van der Waals surface area (Å²) in [4.78, 5) is 21.4. The largest absolute Gasteiger partial charge is 0.355 e. The average molecular weight is 343 g/mol. The Kier molecular flexibility index (Phi) is 2.85. The second kappa shape index (κ2) is 5.13. The zero-order valence-electron chi connectivity index (χ0n) is 14.6. The lowest BCUT2D eigenvalue weighted by Crippen LogP contribution is -2.52. The number of benzene rings is 2. The Balaban J connectivity index is 1.57. The van der Waals surface area contributed by atoms with Gasteiger partial charge in [0, 0.05) is 24.0 Å². The van der Waals surface area contributed by atoms with E-state index in [1.54, 1.807) is 0 Å². The number of para-hydroxylation sites is 2. The van der Waals surface area contributed by atoms with Crippen LogP contribution in [0.2, 0.25) is 0 Å². The van der Waals surface area contributed by atoms with Gasteiger partial charge in [0.15, 0.2) is 0 Å². The van der Waals surface area contributed by atoms with Crippen molar-refractivity contribution in [1.82, 2.24) is 9.88 Å². The van der Waals surface area contributed by atoms with E-state index in [2.05, 4.69) is 51.2 Å².